The van der Waals surface area contributed by atoms with Crippen molar-refractivity contribution in [2.45, 2.75) is 24.4 Å². The molecule has 7 nitrogen and oxygen atoms in total. The van der Waals surface area contributed by atoms with E-state index in [4.69, 9.17) is 0 Å². The molecule has 1 amide bonds. The summed E-state index contributed by atoms with van der Waals surface area (Å²) in [6, 6.07) is 19.9. The van der Waals surface area contributed by atoms with Crippen LogP contribution in [-0.2, 0) is 12.3 Å². The van der Waals surface area contributed by atoms with Gasteiger partial charge in [-0.3, -0.25) is 4.79 Å². The fourth-order valence-electron chi connectivity index (χ4n) is 4.19. The molecule has 1 aliphatic rings. The van der Waals surface area contributed by atoms with Crippen molar-refractivity contribution in [3.8, 4) is 0 Å². The Hall–Kier alpha value is -3.36. The number of benzene rings is 2. The van der Waals surface area contributed by atoms with E-state index in [1.54, 1.807) is 11.8 Å². The van der Waals surface area contributed by atoms with E-state index >= 15 is 0 Å². The minimum absolute atomic E-state index is 0.0822. The third-order valence-corrected chi connectivity index (χ3v) is 7.31. The Balaban J connectivity index is 1.10. The summed E-state index contributed by atoms with van der Waals surface area (Å²) in [6.07, 6.45) is 1.86. The number of nitrogens with zero attached hydrogens (tertiary/aromatic N) is 4. The molecule has 4 aromatic rings. The average molecular weight is 487 g/mol. The Kier molecular flexibility index (Phi) is 7.30. The molecule has 3 heterocycles. The van der Waals surface area contributed by atoms with Crippen LogP contribution in [0.1, 0.15) is 28.4 Å². The summed E-state index contributed by atoms with van der Waals surface area (Å²) in [7, 11) is 0. The summed E-state index contributed by atoms with van der Waals surface area (Å²) in [5, 5.41) is 3.90. The van der Waals surface area contributed by atoms with E-state index in [-0.39, 0.29) is 5.91 Å². The van der Waals surface area contributed by atoms with Gasteiger partial charge in [0.05, 0.1) is 11.0 Å². The molecule has 0 saturated carbocycles. The van der Waals surface area contributed by atoms with Crippen molar-refractivity contribution in [2.75, 3.05) is 37.6 Å². The first-order valence-electron chi connectivity index (χ1n) is 12.0. The molecule has 35 heavy (non-hydrogen) atoms. The Bertz CT molecular complexity index is 1230. The van der Waals surface area contributed by atoms with Crippen molar-refractivity contribution < 1.29 is 4.79 Å². The molecule has 0 aliphatic carbocycles. The fourth-order valence-corrected chi connectivity index (χ4v) is 5.03. The number of hydrogen-bond acceptors (Lipinski definition) is 6. The lowest BCUT2D eigenvalue weighted by Crippen LogP contribution is -2.46. The maximum atomic E-state index is 12.6. The zero-order valence-electron chi connectivity index (χ0n) is 19.9. The number of carbonyl (C=O) groups is 1. The number of piperazine rings is 1. The van der Waals surface area contributed by atoms with Crippen LogP contribution in [0.2, 0.25) is 0 Å². The van der Waals surface area contributed by atoms with Gasteiger partial charge in [-0.25, -0.2) is 9.97 Å². The number of nitrogens with one attached hydrogen (secondary N) is 2. The molecule has 1 aliphatic heterocycles. The molecule has 0 atom stereocenters. The lowest BCUT2D eigenvalue weighted by Gasteiger charge is -2.34. The van der Waals surface area contributed by atoms with Crippen LogP contribution in [0.25, 0.3) is 11.0 Å². The van der Waals surface area contributed by atoms with Crippen molar-refractivity contribution in [2.24, 2.45) is 0 Å². The van der Waals surface area contributed by atoms with Crippen LogP contribution in [0.15, 0.2) is 72.0 Å². The third kappa shape index (κ3) is 5.83. The molecular formula is C27H30N6OS. The van der Waals surface area contributed by atoms with Crippen LogP contribution in [0.4, 0.5) is 5.82 Å². The van der Waals surface area contributed by atoms with E-state index < -0.39 is 0 Å². The summed E-state index contributed by atoms with van der Waals surface area (Å²) in [5.74, 6) is 1.71. The summed E-state index contributed by atoms with van der Waals surface area (Å²) >= 11 is 1.65. The summed E-state index contributed by atoms with van der Waals surface area (Å²) in [5.41, 5.74) is 4.81. The second-order valence-corrected chi connectivity index (χ2v) is 9.64. The SMILES string of the molecule is CCN1CCN(c2ccc(CNC(=O)c3ccc(CSc4nc5ccccc5[nH]4)cc3)cn2)CC1. The molecule has 5 rings (SSSR count). The van der Waals surface area contributed by atoms with Gasteiger partial charge < -0.3 is 20.1 Å². The minimum atomic E-state index is -0.0822. The van der Waals surface area contributed by atoms with Crippen LogP contribution in [0.3, 0.4) is 0 Å². The van der Waals surface area contributed by atoms with E-state index in [0.29, 0.717) is 12.1 Å². The molecule has 0 radical (unpaired) electrons. The van der Waals surface area contributed by atoms with Gasteiger partial charge in [0.25, 0.3) is 5.91 Å². The molecule has 0 bridgehead atoms. The van der Waals surface area contributed by atoms with Crippen LogP contribution in [-0.4, -0.2) is 58.5 Å². The van der Waals surface area contributed by atoms with Gasteiger partial charge in [0, 0.05) is 50.2 Å². The van der Waals surface area contributed by atoms with Crippen LogP contribution in [0.5, 0.6) is 0 Å². The maximum Gasteiger partial charge on any atom is 0.251 e. The van der Waals surface area contributed by atoms with Gasteiger partial charge in [0.1, 0.15) is 5.82 Å². The number of H-pyrrole nitrogens is 1. The minimum Gasteiger partial charge on any atom is -0.354 e. The smallest absolute Gasteiger partial charge is 0.251 e. The number of anilines is 1. The molecular weight excluding hydrogens is 456 g/mol. The normalized spacial score (nSPS) is 14.4. The van der Waals surface area contributed by atoms with Crippen molar-refractivity contribution in [1.29, 1.82) is 0 Å². The Morgan fingerprint density at radius 2 is 1.77 bits per heavy atom. The molecule has 1 saturated heterocycles. The summed E-state index contributed by atoms with van der Waals surface area (Å²) in [4.78, 5) is 29.9. The summed E-state index contributed by atoms with van der Waals surface area (Å²) < 4.78 is 0. The number of pyridine rings is 1. The van der Waals surface area contributed by atoms with Crippen LogP contribution >= 0.6 is 11.8 Å². The molecule has 1 fully saturated rings. The number of rotatable bonds is 8. The highest BCUT2D eigenvalue weighted by molar-refractivity contribution is 7.98. The predicted molar refractivity (Wildman–Crippen MR) is 142 cm³/mol. The maximum absolute atomic E-state index is 12.6. The van der Waals surface area contributed by atoms with Gasteiger partial charge in [-0.2, -0.15) is 0 Å². The van der Waals surface area contributed by atoms with Crippen molar-refractivity contribution in [1.82, 2.24) is 25.2 Å². The molecule has 0 spiro atoms. The van der Waals surface area contributed by atoms with Crippen LogP contribution in [0, 0.1) is 0 Å². The Morgan fingerprint density at radius 3 is 2.49 bits per heavy atom. The molecule has 8 heteroatoms. The second-order valence-electron chi connectivity index (χ2n) is 8.67. The van der Waals surface area contributed by atoms with Gasteiger partial charge in [-0.15, -0.1) is 0 Å². The zero-order chi connectivity index (χ0) is 24.0. The first-order valence-corrected chi connectivity index (χ1v) is 13.0. The number of carbonyl (C=O) groups excluding carboxylic acids is 1. The molecule has 2 aromatic heterocycles. The van der Waals surface area contributed by atoms with E-state index in [9.17, 15) is 4.79 Å². The van der Waals surface area contributed by atoms with Crippen LogP contribution < -0.4 is 10.2 Å². The number of thioether (sulfide) groups is 1. The monoisotopic (exact) mass is 486 g/mol. The molecule has 2 N–H and O–H groups in total. The lowest BCUT2D eigenvalue weighted by molar-refractivity contribution is 0.0951. The van der Waals surface area contributed by atoms with E-state index in [0.717, 1.165) is 71.6 Å². The second kappa shape index (κ2) is 10.9. The van der Waals surface area contributed by atoms with Crippen molar-refractivity contribution in [3.63, 3.8) is 0 Å². The van der Waals surface area contributed by atoms with Crippen molar-refractivity contribution in [3.05, 3.63) is 83.6 Å². The Morgan fingerprint density at radius 1 is 1.00 bits per heavy atom. The van der Waals surface area contributed by atoms with Crippen molar-refractivity contribution >= 4 is 34.5 Å². The zero-order valence-corrected chi connectivity index (χ0v) is 20.7. The number of aromatic nitrogens is 3. The number of para-hydroxylation sites is 2. The topological polar surface area (TPSA) is 77.1 Å². The number of fused-ring (bicyclic) bond motifs is 1. The number of likely N-dealkylation sites (N-methyl/N-ethyl adjacent to an activating group) is 1. The number of hydrogen-bond donors (Lipinski definition) is 2. The van der Waals surface area contributed by atoms with E-state index in [1.807, 2.05) is 60.8 Å². The largest absolute Gasteiger partial charge is 0.354 e. The standard InChI is InChI=1S/C27H30N6OS/c1-2-32-13-15-33(16-14-32)25-12-9-21(17-28-25)18-29-26(34)22-10-7-20(8-11-22)19-35-27-30-23-5-3-4-6-24(23)31-27/h3-12,17H,2,13-16,18-19H2,1H3,(H,29,34)(H,30,31). The van der Waals surface area contributed by atoms with E-state index in [1.165, 1.54) is 0 Å². The van der Waals surface area contributed by atoms with Gasteiger partial charge in [0.2, 0.25) is 0 Å². The van der Waals surface area contributed by atoms with Gasteiger partial charge >= 0.3 is 0 Å². The Labute approximate surface area is 210 Å². The highest BCUT2D eigenvalue weighted by Gasteiger charge is 2.16. The quantitative estimate of drug-likeness (QED) is 0.361. The number of aromatic amines is 1. The predicted octanol–water partition coefficient (Wildman–Crippen LogP) is 4.32. The third-order valence-electron chi connectivity index (χ3n) is 6.37. The summed E-state index contributed by atoms with van der Waals surface area (Å²) in [6.45, 7) is 7.92. The lowest BCUT2D eigenvalue weighted by atomic mass is 10.1. The fraction of sp³-hybridized carbons (Fsp3) is 0.296. The number of imidazole rings is 1. The molecule has 0 unspecified atom stereocenters. The first kappa shape index (κ1) is 23.4. The van der Waals surface area contributed by atoms with Gasteiger partial charge in [0.15, 0.2) is 5.16 Å². The number of amides is 1. The highest BCUT2D eigenvalue weighted by Crippen LogP contribution is 2.23. The highest BCUT2D eigenvalue weighted by atomic mass is 32.2. The van der Waals surface area contributed by atoms with Gasteiger partial charge in [-0.05, 0) is 48.0 Å². The average Bonchev–Trinajstić information content (AvgIpc) is 3.34. The molecule has 180 valence electrons. The van der Waals surface area contributed by atoms with E-state index in [2.05, 4.69) is 43.1 Å². The van der Waals surface area contributed by atoms with Gasteiger partial charge in [-0.1, -0.05) is 49.0 Å². The first-order chi connectivity index (χ1) is 17.2. The molecule has 2 aromatic carbocycles.